The lowest BCUT2D eigenvalue weighted by atomic mass is 10.1. The van der Waals surface area contributed by atoms with Crippen LogP contribution in [0.5, 0.6) is 5.75 Å². The fourth-order valence-electron chi connectivity index (χ4n) is 4.33. The van der Waals surface area contributed by atoms with Crippen LogP contribution in [0.3, 0.4) is 0 Å². The summed E-state index contributed by atoms with van der Waals surface area (Å²) in [5.41, 5.74) is -0.299. The molecule has 5 rings (SSSR count). The maximum Gasteiger partial charge on any atom is 0.336 e. The lowest BCUT2D eigenvalue weighted by Gasteiger charge is -2.16. The molecule has 1 aromatic carbocycles. The number of carbonyl (C=O) groups is 1. The van der Waals surface area contributed by atoms with Gasteiger partial charge in [0, 0.05) is 35.7 Å². The minimum absolute atomic E-state index is 0.0585. The van der Waals surface area contributed by atoms with Crippen LogP contribution in [-0.4, -0.2) is 52.9 Å². The number of aromatic amines is 1. The third kappa shape index (κ3) is 5.26. The van der Waals surface area contributed by atoms with E-state index in [4.69, 9.17) is 9.15 Å². The average Bonchev–Trinajstić information content (AvgIpc) is 3.46. The smallest absolute Gasteiger partial charge is 0.336 e. The number of aryl methyl sites for hydroxylation is 1. The van der Waals surface area contributed by atoms with Gasteiger partial charge >= 0.3 is 11.3 Å². The van der Waals surface area contributed by atoms with Crippen molar-refractivity contribution in [2.24, 2.45) is 0 Å². The molecular weight excluding hydrogens is 500 g/mol. The highest BCUT2D eigenvalue weighted by molar-refractivity contribution is 5.87. The molecule has 0 bridgehead atoms. The van der Waals surface area contributed by atoms with Crippen molar-refractivity contribution in [3.63, 3.8) is 0 Å². The molecule has 3 aromatic heterocycles. The molecule has 0 saturated carbocycles. The predicted molar refractivity (Wildman–Crippen MR) is 130 cm³/mol. The number of nitrogens with one attached hydrogen (secondary N) is 2. The quantitative estimate of drug-likeness (QED) is 0.228. The van der Waals surface area contributed by atoms with E-state index in [0.717, 1.165) is 0 Å². The van der Waals surface area contributed by atoms with Crippen molar-refractivity contribution in [2.45, 2.75) is 51.3 Å². The van der Waals surface area contributed by atoms with Gasteiger partial charge in [0.2, 0.25) is 5.91 Å². The molecule has 1 fully saturated rings. The fourth-order valence-corrected chi connectivity index (χ4v) is 4.33. The van der Waals surface area contributed by atoms with Gasteiger partial charge in [-0.15, -0.1) is 5.10 Å². The van der Waals surface area contributed by atoms with Crippen LogP contribution in [0, 0.1) is 6.92 Å². The van der Waals surface area contributed by atoms with Crippen LogP contribution in [0.1, 0.15) is 29.5 Å². The van der Waals surface area contributed by atoms with Gasteiger partial charge < -0.3 is 24.7 Å². The van der Waals surface area contributed by atoms with E-state index in [1.807, 2.05) is 0 Å². The van der Waals surface area contributed by atoms with E-state index in [0.29, 0.717) is 22.2 Å². The second-order valence-corrected chi connectivity index (χ2v) is 9.07. The molecule has 198 valence electrons. The summed E-state index contributed by atoms with van der Waals surface area (Å²) in [5, 5.41) is 31.3. The van der Waals surface area contributed by atoms with Crippen LogP contribution in [0.4, 0.5) is 0 Å². The Kier molecular flexibility index (Phi) is 6.65. The number of fused-ring (bicyclic) bond motifs is 1. The minimum Gasteiger partial charge on any atom is -0.508 e. The molecule has 14 nitrogen and oxygen atoms in total. The molecule has 0 aliphatic carbocycles. The van der Waals surface area contributed by atoms with Crippen molar-refractivity contribution in [3.05, 3.63) is 84.7 Å². The standard InChI is InChI=1S/C24H24N6O8/c1-12-9-30(24(36)26-23(12)35)21-7-17(32)19(37-21)11-29-10-14(27-28-29)8-25-20(33)4-13-5-22(34)38-18-6-15(31)2-3-16(13)18/h2-3,5-6,9-10,17,19,21,31-32H,4,7-8,11H2,1H3,(H,25,33)(H,26,35,36)/t17-,19+,21+/m0/s1. The number of benzene rings is 1. The van der Waals surface area contributed by atoms with E-state index >= 15 is 0 Å². The zero-order valence-electron chi connectivity index (χ0n) is 20.2. The molecule has 0 spiro atoms. The minimum atomic E-state index is -0.883. The van der Waals surface area contributed by atoms with Gasteiger partial charge in [-0.05, 0) is 24.6 Å². The number of phenolic OH excluding ortho intramolecular Hbond substituents is 1. The lowest BCUT2D eigenvalue weighted by molar-refractivity contribution is -0.120. The number of rotatable bonds is 7. The molecule has 3 atom stereocenters. The van der Waals surface area contributed by atoms with Gasteiger partial charge in [0.25, 0.3) is 5.56 Å². The monoisotopic (exact) mass is 524 g/mol. The topological polar surface area (TPSA) is 195 Å². The average molecular weight is 524 g/mol. The van der Waals surface area contributed by atoms with Crippen LogP contribution in [0.15, 0.2) is 55.5 Å². The largest absolute Gasteiger partial charge is 0.508 e. The third-order valence-electron chi connectivity index (χ3n) is 6.24. The van der Waals surface area contributed by atoms with E-state index in [1.54, 1.807) is 19.2 Å². The molecule has 1 amide bonds. The summed E-state index contributed by atoms with van der Waals surface area (Å²) in [5.74, 6) is -0.421. The number of carbonyl (C=O) groups excluding carboxylic acids is 1. The summed E-state index contributed by atoms with van der Waals surface area (Å²) in [6, 6.07) is 5.55. The summed E-state index contributed by atoms with van der Waals surface area (Å²) in [6.07, 6.45) is 0.739. The maximum atomic E-state index is 12.5. The van der Waals surface area contributed by atoms with Gasteiger partial charge in [0.1, 0.15) is 29.4 Å². The summed E-state index contributed by atoms with van der Waals surface area (Å²) in [6.45, 7) is 1.79. The van der Waals surface area contributed by atoms with Crippen LogP contribution in [-0.2, 0) is 29.0 Å². The Hall–Kier alpha value is -4.56. The van der Waals surface area contributed by atoms with E-state index < -0.39 is 35.3 Å². The molecule has 4 aromatic rings. The second-order valence-electron chi connectivity index (χ2n) is 9.07. The lowest BCUT2D eigenvalue weighted by Crippen LogP contribution is -2.33. The first kappa shape index (κ1) is 25.1. The fraction of sp³-hybridized carbons (Fsp3) is 0.333. The number of aliphatic hydroxyl groups excluding tert-OH is 1. The summed E-state index contributed by atoms with van der Waals surface area (Å²) >= 11 is 0. The SMILES string of the molecule is Cc1cn([C@H]2C[C@H](O)[C@@H](Cn3cc(CNC(=O)Cc4cc(=O)oc5cc(O)ccc45)nn3)O2)c(=O)[nH]c1=O. The van der Waals surface area contributed by atoms with Crippen molar-refractivity contribution in [2.75, 3.05) is 0 Å². The molecule has 4 heterocycles. The number of H-pyrrole nitrogens is 1. The number of hydrogen-bond acceptors (Lipinski definition) is 10. The zero-order valence-corrected chi connectivity index (χ0v) is 20.2. The van der Waals surface area contributed by atoms with E-state index in [9.17, 15) is 29.4 Å². The number of ether oxygens (including phenoxy) is 1. The first-order valence-electron chi connectivity index (χ1n) is 11.7. The summed E-state index contributed by atoms with van der Waals surface area (Å²) < 4.78 is 13.6. The number of aromatic hydroxyl groups is 1. The Morgan fingerprint density at radius 2 is 2.05 bits per heavy atom. The zero-order chi connectivity index (χ0) is 27.0. The van der Waals surface area contributed by atoms with Crippen molar-refractivity contribution >= 4 is 16.9 Å². The van der Waals surface area contributed by atoms with Crippen LogP contribution >= 0.6 is 0 Å². The van der Waals surface area contributed by atoms with Crippen molar-refractivity contribution in [1.82, 2.24) is 29.9 Å². The molecule has 38 heavy (non-hydrogen) atoms. The van der Waals surface area contributed by atoms with Crippen LogP contribution < -0.4 is 22.2 Å². The first-order chi connectivity index (χ1) is 18.2. The van der Waals surface area contributed by atoms with E-state index in [2.05, 4.69) is 20.6 Å². The number of amides is 1. The van der Waals surface area contributed by atoms with Crippen molar-refractivity contribution < 1.29 is 24.2 Å². The Morgan fingerprint density at radius 1 is 1.24 bits per heavy atom. The van der Waals surface area contributed by atoms with Crippen LogP contribution in [0.25, 0.3) is 11.0 Å². The molecule has 14 heteroatoms. The summed E-state index contributed by atoms with van der Waals surface area (Å²) in [7, 11) is 0. The van der Waals surface area contributed by atoms with Crippen LogP contribution in [0.2, 0.25) is 0 Å². The molecule has 1 aliphatic rings. The number of aliphatic hydroxyl groups is 1. The van der Waals surface area contributed by atoms with Gasteiger partial charge in [0.15, 0.2) is 0 Å². The number of nitrogens with zero attached hydrogens (tertiary/aromatic N) is 4. The van der Waals surface area contributed by atoms with Crippen molar-refractivity contribution in [3.8, 4) is 5.75 Å². The number of phenols is 1. The Bertz CT molecular complexity index is 1690. The maximum absolute atomic E-state index is 12.5. The second kappa shape index (κ2) is 10.1. The predicted octanol–water partition coefficient (Wildman–Crippen LogP) is -0.544. The van der Waals surface area contributed by atoms with E-state index in [-0.39, 0.29) is 43.2 Å². The normalized spacial score (nSPS) is 19.2. The molecule has 4 N–H and O–H groups in total. The molecule has 0 unspecified atom stereocenters. The Labute approximate surface area is 213 Å². The van der Waals surface area contributed by atoms with Gasteiger partial charge in [-0.3, -0.25) is 19.1 Å². The molecule has 1 saturated heterocycles. The highest BCUT2D eigenvalue weighted by Gasteiger charge is 2.36. The van der Waals surface area contributed by atoms with Crippen molar-refractivity contribution in [1.29, 1.82) is 0 Å². The number of hydrogen-bond donors (Lipinski definition) is 4. The molecule has 0 radical (unpaired) electrons. The van der Waals surface area contributed by atoms with E-state index in [1.165, 1.54) is 33.6 Å². The highest BCUT2D eigenvalue weighted by Crippen LogP contribution is 2.28. The van der Waals surface area contributed by atoms with Gasteiger partial charge in [-0.25, -0.2) is 14.3 Å². The highest BCUT2D eigenvalue weighted by atomic mass is 16.5. The third-order valence-corrected chi connectivity index (χ3v) is 6.24. The Balaban J connectivity index is 1.19. The Morgan fingerprint density at radius 3 is 2.87 bits per heavy atom. The summed E-state index contributed by atoms with van der Waals surface area (Å²) in [4.78, 5) is 50.3. The number of aromatic nitrogens is 5. The van der Waals surface area contributed by atoms with Gasteiger partial charge in [0.05, 0.1) is 31.8 Å². The molecular formula is C24H24N6O8. The first-order valence-corrected chi connectivity index (χ1v) is 11.7. The van der Waals surface area contributed by atoms with Gasteiger partial charge in [-0.2, -0.15) is 0 Å². The van der Waals surface area contributed by atoms with Gasteiger partial charge in [-0.1, -0.05) is 5.21 Å². The molecule has 1 aliphatic heterocycles.